The molecule has 1 aromatic heterocycles. The Morgan fingerprint density at radius 3 is 2.58 bits per heavy atom. The summed E-state index contributed by atoms with van der Waals surface area (Å²) in [5.74, 6) is 1.85. The van der Waals surface area contributed by atoms with Gasteiger partial charge >= 0.3 is 6.36 Å². The molecule has 3 aromatic rings. The van der Waals surface area contributed by atoms with Crippen LogP contribution in [-0.2, 0) is 11.3 Å². The van der Waals surface area contributed by atoms with Crippen LogP contribution in [0.25, 0.3) is 10.9 Å². The molecule has 0 saturated carbocycles. The summed E-state index contributed by atoms with van der Waals surface area (Å²) in [5, 5.41) is 2.75. The van der Waals surface area contributed by atoms with Crippen molar-refractivity contribution in [1.29, 1.82) is 0 Å². The minimum atomic E-state index is -4.77. The van der Waals surface area contributed by atoms with Crippen LogP contribution < -0.4 is 20.5 Å². The van der Waals surface area contributed by atoms with E-state index in [1.807, 2.05) is 0 Å². The molecule has 0 aliphatic heterocycles. The standard InChI is InChI=1S/C21H17F3N4O3/c1-3-10-28(15-5-7-16(8-6-15)31-21(22,23)24)12-14-4-9-18-17(11-14)19(30)27-20(26-18)25-13(2)29/h1,4-9,11H,10,12H2,2H3,(H2,25,26,27,29,30). The first-order valence-electron chi connectivity index (χ1n) is 8.99. The number of benzene rings is 2. The zero-order valence-electron chi connectivity index (χ0n) is 16.3. The van der Waals surface area contributed by atoms with Crippen molar-refractivity contribution in [3.8, 4) is 18.1 Å². The highest BCUT2D eigenvalue weighted by molar-refractivity contribution is 5.88. The van der Waals surface area contributed by atoms with Crippen molar-refractivity contribution in [3.05, 3.63) is 58.4 Å². The molecule has 0 saturated heterocycles. The molecule has 3 rings (SSSR count). The number of aromatic amines is 1. The number of nitrogens with zero attached hydrogens (tertiary/aromatic N) is 2. The van der Waals surface area contributed by atoms with Gasteiger partial charge in [0, 0.05) is 19.2 Å². The van der Waals surface area contributed by atoms with Gasteiger partial charge in [-0.2, -0.15) is 0 Å². The molecule has 0 atom stereocenters. The van der Waals surface area contributed by atoms with E-state index < -0.39 is 11.9 Å². The number of carbonyl (C=O) groups excluding carboxylic acids is 1. The fraction of sp³-hybridized carbons (Fsp3) is 0.190. The van der Waals surface area contributed by atoms with Crippen molar-refractivity contribution < 1.29 is 22.7 Å². The fourth-order valence-corrected chi connectivity index (χ4v) is 2.94. The molecule has 0 unspecified atom stereocenters. The zero-order valence-corrected chi connectivity index (χ0v) is 16.3. The highest BCUT2D eigenvalue weighted by Crippen LogP contribution is 2.26. The Bertz CT molecular complexity index is 1200. The van der Waals surface area contributed by atoms with Crippen LogP contribution in [0, 0.1) is 12.3 Å². The van der Waals surface area contributed by atoms with Gasteiger partial charge in [-0.15, -0.1) is 19.6 Å². The first kappa shape index (κ1) is 21.7. The van der Waals surface area contributed by atoms with Crippen molar-refractivity contribution in [2.75, 3.05) is 16.8 Å². The summed E-state index contributed by atoms with van der Waals surface area (Å²) in [6, 6.07) is 10.4. The number of halogens is 3. The Balaban J connectivity index is 1.85. The van der Waals surface area contributed by atoms with E-state index in [-0.39, 0.29) is 24.1 Å². The highest BCUT2D eigenvalue weighted by Gasteiger charge is 2.31. The molecule has 160 valence electrons. The van der Waals surface area contributed by atoms with E-state index in [4.69, 9.17) is 6.42 Å². The number of anilines is 2. The van der Waals surface area contributed by atoms with Crippen LogP contribution in [-0.4, -0.2) is 28.8 Å². The van der Waals surface area contributed by atoms with Gasteiger partial charge in [-0.05, 0) is 42.0 Å². The maximum absolute atomic E-state index is 12.4. The van der Waals surface area contributed by atoms with Crippen LogP contribution in [0.3, 0.4) is 0 Å². The number of hydrogen-bond acceptors (Lipinski definition) is 5. The van der Waals surface area contributed by atoms with E-state index in [1.54, 1.807) is 23.1 Å². The number of hydrogen-bond donors (Lipinski definition) is 2. The fourth-order valence-electron chi connectivity index (χ4n) is 2.94. The molecular formula is C21H17F3N4O3. The maximum Gasteiger partial charge on any atom is 0.573 e. The Morgan fingerprint density at radius 2 is 1.97 bits per heavy atom. The predicted octanol–water partition coefficient (Wildman–Crippen LogP) is 3.42. The van der Waals surface area contributed by atoms with Gasteiger partial charge in [0.2, 0.25) is 11.9 Å². The number of ether oxygens (including phenoxy) is 1. The van der Waals surface area contributed by atoms with Gasteiger partial charge in [0.25, 0.3) is 5.56 Å². The van der Waals surface area contributed by atoms with Crippen molar-refractivity contribution in [2.24, 2.45) is 0 Å². The van der Waals surface area contributed by atoms with Crippen molar-refractivity contribution >= 4 is 28.4 Å². The second kappa shape index (κ2) is 8.79. The van der Waals surface area contributed by atoms with Gasteiger partial charge in [-0.3, -0.25) is 19.9 Å². The minimum Gasteiger partial charge on any atom is -0.406 e. The van der Waals surface area contributed by atoms with Gasteiger partial charge in [0.05, 0.1) is 17.4 Å². The molecule has 1 amide bonds. The van der Waals surface area contributed by atoms with E-state index in [2.05, 4.69) is 25.9 Å². The van der Waals surface area contributed by atoms with Gasteiger partial charge in [-0.1, -0.05) is 12.0 Å². The number of H-pyrrole nitrogens is 1. The summed E-state index contributed by atoms with van der Waals surface area (Å²) in [6.45, 7) is 1.79. The first-order valence-corrected chi connectivity index (χ1v) is 8.99. The summed E-state index contributed by atoms with van der Waals surface area (Å²) in [5.41, 5.74) is 1.29. The molecule has 0 aliphatic carbocycles. The molecule has 0 radical (unpaired) electrons. The number of rotatable bonds is 6. The van der Waals surface area contributed by atoms with E-state index in [1.165, 1.54) is 31.2 Å². The quantitative estimate of drug-likeness (QED) is 0.586. The lowest BCUT2D eigenvalue weighted by molar-refractivity contribution is -0.274. The molecule has 0 aliphatic rings. The van der Waals surface area contributed by atoms with Crippen molar-refractivity contribution in [2.45, 2.75) is 19.8 Å². The van der Waals surface area contributed by atoms with Crippen molar-refractivity contribution in [1.82, 2.24) is 9.97 Å². The van der Waals surface area contributed by atoms with E-state index in [0.717, 1.165) is 5.56 Å². The van der Waals surface area contributed by atoms with Crippen LogP contribution in [0.5, 0.6) is 5.75 Å². The molecule has 0 fully saturated rings. The number of aromatic nitrogens is 2. The van der Waals surface area contributed by atoms with Crippen molar-refractivity contribution in [3.63, 3.8) is 0 Å². The summed E-state index contributed by atoms with van der Waals surface area (Å²) >= 11 is 0. The van der Waals surface area contributed by atoms with E-state index in [0.29, 0.717) is 23.1 Å². The second-order valence-corrected chi connectivity index (χ2v) is 6.55. The number of alkyl halides is 3. The lowest BCUT2D eigenvalue weighted by atomic mass is 10.1. The number of nitrogens with one attached hydrogen (secondary N) is 2. The molecule has 7 nitrogen and oxygen atoms in total. The monoisotopic (exact) mass is 430 g/mol. The summed E-state index contributed by atoms with van der Waals surface area (Å²) in [7, 11) is 0. The number of terminal acetylenes is 1. The van der Waals surface area contributed by atoms with Crippen LogP contribution >= 0.6 is 0 Å². The topological polar surface area (TPSA) is 87.3 Å². The second-order valence-electron chi connectivity index (χ2n) is 6.55. The molecule has 0 bridgehead atoms. The van der Waals surface area contributed by atoms with Gasteiger partial charge in [0.15, 0.2) is 0 Å². The van der Waals surface area contributed by atoms with Gasteiger partial charge in [-0.25, -0.2) is 4.98 Å². The Labute approximate surface area is 174 Å². The molecular weight excluding hydrogens is 413 g/mol. The highest BCUT2D eigenvalue weighted by atomic mass is 19.4. The Hall–Kier alpha value is -4.00. The number of carbonyl (C=O) groups is 1. The number of fused-ring (bicyclic) bond motifs is 1. The smallest absolute Gasteiger partial charge is 0.406 e. The third-order valence-electron chi connectivity index (χ3n) is 4.16. The largest absolute Gasteiger partial charge is 0.573 e. The van der Waals surface area contributed by atoms with Crippen LogP contribution in [0.1, 0.15) is 12.5 Å². The number of amides is 1. The van der Waals surface area contributed by atoms with E-state index >= 15 is 0 Å². The van der Waals surface area contributed by atoms with Gasteiger partial charge < -0.3 is 9.64 Å². The summed E-state index contributed by atoms with van der Waals surface area (Å²) in [4.78, 5) is 32.0. The predicted molar refractivity (Wildman–Crippen MR) is 110 cm³/mol. The van der Waals surface area contributed by atoms with E-state index in [9.17, 15) is 22.8 Å². The average Bonchev–Trinajstić information content (AvgIpc) is 2.67. The van der Waals surface area contributed by atoms with Crippen LogP contribution in [0.2, 0.25) is 0 Å². The maximum atomic E-state index is 12.4. The first-order chi connectivity index (χ1) is 14.6. The molecule has 2 N–H and O–H groups in total. The normalized spacial score (nSPS) is 11.1. The van der Waals surface area contributed by atoms with Crippen LogP contribution in [0.15, 0.2) is 47.3 Å². The SMILES string of the molecule is C#CCN(Cc1ccc2nc(NC(C)=O)[nH]c(=O)c2c1)c1ccc(OC(F)(F)F)cc1. The third kappa shape index (κ3) is 5.76. The Kier molecular flexibility index (Phi) is 6.15. The molecule has 10 heteroatoms. The van der Waals surface area contributed by atoms with Crippen LogP contribution in [0.4, 0.5) is 24.8 Å². The third-order valence-corrected chi connectivity index (χ3v) is 4.16. The lowest BCUT2D eigenvalue weighted by Gasteiger charge is -2.23. The summed E-state index contributed by atoms with van der Waals surface area (Å²) < 4.78 is 40.9. The average molecular weight is 430 g/mol. The molecule has 2 aromatic carbocycles. The zero-order chi connectivity index (χ0) is 22.6. The molecule has 1 heterocycles. The summed E-state index contributed by atoms with van der Waals surface area (Å²) in [6.07, 6.45) is 0.668. The Morgan fingerprint density at radius 1 is 1.26 bits per heavy atom. The minimum absolute atomic E-state index is 0.0490. The van der Waals surface area contributed by atoms with Gasteiger partial charge in [0.1, 0.15) is 5.75 Å². The molecule has 31 heavy (non-hydrogen) atoms. The lowest BCUT2D eigenvalue weighted by Crippen LogP contribution is -2.23. The molecule has 0 spiro atoms.